The van der Waals surface area contributed by atoms with Gasteiger partial charge in [-0.05, 0) is 12.1 Å². The predicted molar refractivity (Wildman–Crippen MR) is 91.2 cm³/mol. The van der Waals surface area contributed by atoms with Crippen LogP contribution in [0.25, 0.3) is 0 Å². The Labute approximate surface area is 142 Å². The number of anilines is 1. The number of piperazine rings is 2. The van der Waals surface area contributed by atoms with Gasteiger partial charge in [0.1, 0.15) is 5.75 Å². The average molecular weight is 332 g/mol. The van der Waals surface area contributed by atoms with Crippen LogP contribution in [0.1, 0.15) is 0 Å². The van der Waals surface area contributed by atoms with E-state index in [-0.39, 0.29) is 18.4 Å². The van der Waals surface area contributed by atoms with Crippen molar-refractivity contribution in [1.29, 1.82) is 0 Å². The van der Waals surface area contributed by atoms with Gasteiger partial charge in [-0.25, -0.2) is 0 Å². The van der Waals surface area contributed by atoms with Crippen LogP contribution in [0.3, 0.4) is 0 Å². The zero-order valence-electron chi connectivity index (χ0n) is 14.0. The SMILES string of the molecule is COc1ccccc1N1CCN(C(=O)CN2CCNCC2=O)CC1. The van der Waals surface area contributed by atoms with E-state index in [0.29, 0.717) is 26.2 Å². The lowest BCUT2D eigenvalue weighted by Crippen LogP contribution is -2.55. The highest BCUT2D eigenvalue weighted by molar-refractivity contribution is 5.86. The van der Waals surface area contributed by atoms with Crippen molar-refractivity contribution >= 4 is 17.5 Å². The van der Waals surface area contributed by atoms with E-state index in [2.05, 4.69) is 10.2 Å². The largest absolute Gasteiger partial charge is 0.495 e. The van der Waals surface area contributed by atoms with Crippen LogP contribution < -0.4 is 15.0 Å². The maximum atomic E-state index is 12.4. The molecule has 0 spiro atoms. The minimum Gasteiger partial charge on any atom is -0.495 e. The molecule has 1 aromatic rings. The quantitative estimate of drug-likeness (QED) is 0.826. The second-order valence-electron chi connectivity index (χ2n) is 6.03. The maximum absolute atomic E-state index is 12.4. The molecule has 2 amide bonds. The van der Waals surface area contributed by atoms with E-state index in [1.54, 1.807) is 12.0 Å². The van der Waals surface area contributed by atoms with Crippen LogP contribution in [0, 0.1) is 0 Å². The van der Waals surface area contributed by atoms with E-state index < -0.39 is 0 Å². The average Bonchev–Trinajstić information content (AvgIpc) is 2.63. The van der Waals surface area contributed by atoms with Crippen molar-refractivity contribution in [3.63, 3.8) is 0 Å². The minimum atomic E-state index is 0.00209. The molecule has 0 atom stereocenters. The lowest BCUT2D eigenvalue weighted by atomic mass is 10.2. The van der Waals surface area contributed by atoms with Crippen molar-refractivity contribution in [3.8, 4) is 5.75 Å². The lowest BCUT2D eigenvalue weighted by Gasteiger charge is -2.37. The molecule has 1 N–H and O–H groups in total. The van der Waals surface area contributed by atoms with Crippen molar-refractivity contribution in [3.05, 3.63) is 24.3 Å². The summed E-state index contributed by atoms with van der Waals surface area (Å²) in [6.07, 6.45) is 0. The highest BCUT2D eigenvalue weighted by atomic mass is 16.5. The maximum Gasteiger partial charge on any atom is 0.242 e. The number of carbonyl (C=O) groups is 2. The predicted octanol–water partition coefficient (Wildman–Crippen LogP) is -0.224. The molecule has 0 aromatic heterocycles. The Balaban J connectivity index is 1.54. The Kier molecular flexibility index (Phi) is 5.20. The second-order valence-corrected chi connectivity index (χ2v) is 6.03. The number of benzene rings is 1. The first kappa shape index (κ1) is 16.6. The number of para-hydroxylation sites is 2. The van der Waals surface area contributed by atoms with Crippen LogP contribution in [0.15, 0.2) is 24.3 Å². The topological polar surface area (TPSA) is 65.1 Å². The van der Waals surface area contributed by atoms with Crippen LogP contribution in [-0.4, -0.2) is 81.1 Å². The second kappa shape index (κ2) is 7.53. The molecule has 2 heterocycles. The number of ether oxygens (including phenoxy) is 1. The molecule has 24 heavy (non-hydrogen) atoms. The molecule has 0 unspecified atom stereocenters. The van der Waals surface area contributed by atoms with Gasteiger partial charge in [0.15, 0.2) is 0 Å². The number of nitrogens with one attached hydrogen (secondary N) is 1. The smallest absolute Gasteiger partial charge is 0.242 e. The minimum absolute atomic E-state index is 0.00209. The molecule has 7 heteroatoms. The van der Waals surface area contributed by atoms with E-state index in [0.717, 1.165) is 31.1 Å². The first-order valence-electron chi connectivity index (χ1n) is 8.33. The molecule has 0 radical (unpaired) electrons. The van der Waals surface area contributed by atoms with Crippen LogP contribution in [0.2, 0.25) is 0 Å². The molecule has 3 rings (SSSR count). The van der Waals surface area contributed by atoms with E-state index >= 15 is 0 Å². The number of hydrogen-bond acceptors (Lipinski definition) is 5. The monoisotopic (exact) mass is 332 g/mol. The van der Waals surface area contributed by atoms with Gasteiger partial charge in [0.2, 0.25) is 11.8 Å². The van der Waals surface area contributed by atoms with Crippen LogP contribution in [0.5, 0.6) is 5.75 Å². The van der Waals surface area contributed by atoms with Gasteiger partial charge in [0.25, 0.3) is 0 Å². The molecular formula is C17H24N4O3. The van der Waals surface area contributed by atoms with Gasteiger partial charge < -0.3 is 24.8 Å². The fourth-order valence-corrected chi connectivity index (χ4v) is 3.16. The van der Waals surface area contributed by atoms with E-state index in [1.807, 2.05) is 29.2 Å². The number of hydrogen-bond donors (Lipinski definition) is 1. The summed E-state index contributed by atoms with van der Waals surface area (Å²) >= 11 is 0. The summed E-state index contributed by atoms with van der Waals surface area (Å²) in [7, 11) is 1.67. The van der Waals surface area contributed by atoms with Gasteiger partial charge >= 0.3 is 0 Å². The van der Waals surface area contributed by atoms with Gasteiger partial charge in [0, 0.05) is 39.3 Å². The summed E-state index contributed by atoms with van der Waals surface area (Å²) in [5.74, 6) is 0.885. The Morgan fingerprint density at radius 3 is 2.62 bits per heavy atom. The first-order chi connectivity index (χ1) is 11.7. The molecule has 0 bridgehead atoms. The summed E-state index contributed by atoms with van der Waals surface area (Å²) in [6, 6.07) is 7.93. The van der Waals surface area contributed by atoms with Gasteiger partial charge in [-0.2, -0.15) is 0 Å². The molecule has 0 aliphatic carbocycles. The van der Waals surface area contributed by atoms with Crippen molar-refractivity contribution in [2.75, 3.05) is 64.4 Å². The van der Waals surface area contributed by atoms with Crippen LogP contribution in [0.4, 0.5) is 5.69 Å². The van der Waals surface area contributed by atoms with E-state index in [4.69, 9.17) is 4.74 Å². The Bertz CT molecular complexity index is 599. The Morgan fingerprint density at radius 2 is 1.92 bits per heavy atom. The van der Waals surface area contributed by atoms with Crippen LogP contribution in [-0.2, 0) is 9.59 Å². The summed E-state index contributed by atoms with van der Waals surface area (Å²) in [6.45, 7) is 4.73. The van der Waals surface area contributed by atoms with Crippen molar-refractivity contribution in [2.45, 2.75) is 0 Å². The molecule has 1 aromatic carbocycles. The molecule has 130 valence electrons. The number of amides is 2. The molecule has 0 saturated carbocycles. The van der Waals surface area contributed by atoms with Gasteiger partial charge in [-0.3, -0.25) is 9.59 Å². The highest BCUT2D eigenvalue weighted by Crippen LogP contribution is 2.28. The van der Waals surface area contributed by atoms with Gasteiger partial charge in [0.05, 0.1) is 25.9 Å². The molecular weight excluding hydrogens is 308 g/mol. The first-order valence-corrected chi connectivity index (χ1v) is 8.33. The van der Waals surface area contributed by atoms with Crippen LogP contribution >= 0.6 is 0 Å². The normalized spacial score (nSPS) is 18.7. The fourth-order valence-electron chi connectivity index (χ4n) is 3.16. The summed E-state index contributed by atoms with van der Waals surface area (Å²) in [4.78, 5) is 30.0. The van der Waals surface area contributed by atoms with Gasteiger partial charge in [-0.15, -0.1) is 0 Å². The summed E-state index contributed by atoms with van der Waals surface area (Å²) in [5.41, 5.74) is 1.06. The molecule has 2 saturated heterocycles. The highest BCUT2D eigenvalue weighted by Gasteiger charge is 2.26. The molecule has 7 nitrogen and oxygen atoms in total. The third-order valence-electron chi connectivity index (χ3n) is 4.57. The standard InChI is InChI=1S/C17H24N4O3/c1-24-15-5-3-2-4-14(15)19-8-10-20(11-9-19)17(23)13-21-7-6-18-12-16(21)22/h2-5,18H,6-13H2,1H3. The summed E-state index contributed by atoms with van der Waals surface area (Å²) < 4.78 is 5.41. The fraction of sp³-hybridized carbons (Fsp3) is 0.529. The molecule has 2 aliphatic rings. The number of rotatable bonds is 4. The number of carbonyl (C=O) groups excluding carboxylic acids is 2. The zero-order chi connectivity index (χ0) is 16.9. The Hall–Kier alpha value is -2.28. The Morgan fingerprint density at radius 1 is 1.17 bits per heavy atom. The van der Waals surface area contributed by atoms with Gasteiger partial charge in [-0.1, -0.05) is 12.1 Å². The van der Waals surface area contributed by atoms with Crippen molar-refractivity contribution in [1.82, 2.24) is 15.1 Å². The summed E-state index contributed by atoms with van der Waals surface area (Å²) in [5, 5.41) is 3.02. The number of methoxy groups -OCH3 is 1. The lowest BCUT2D eigenvalue weighted by molar-refractivity contribution is -0.141. The molecule has 2 aliphatic heterocycles. The third kappa shape index (κ3) is 3.62. The number of nitrogens with zero attached hydrogens (tertiary/aromatic N) is 3. The zero-order valence-corrected chi connectivity index (χ0v) is 14.0. The van der Waals surface area contributed by atoms with E-state index in [9.17, 15) is 9.59 Å². The van der Waals surface area contributed by atoms with Crippen molar-refractivity contribution < 1.29 is 14.3 Å². The van der Waals surface area contributed by atoms with Crippen molar-refractivity contribution in [2.24, 2.45) is 0 Å². The molecule has 2 fully saturated rings. The van der Waals surface area contributed by atoms with E-state index in [1.165, 1.54) is 0 Å². The third-order valence-corrected chi connectivity index (χ3v) is 4.57.